The van der Waals surface area contributed by atoms with Crippen LogP contribution >= 0.6 is 0 Å². The number of fused-ring (bicyclic) bond motifs is 5. The maximum Gasteiger partial charge on any atom is 0.168 e. The van der Waals surface area contributed by atoms with E-state index in [-0.39, 0.29) is 10.8 Å². The molecule has 4 aliphatic carbocycles. The van der Waals surface area contributed by atoms with Gasteiger partial charge in [-0.05, 0) is 60.7 Å². The van der Waals surface area contributed by atoms with Crippen LogP contribution in [0.1, 0.15) is 52.9 Å². The van der Waals surface area contributed by atoms with Crippen molar-refractivity contribution in [2.24, 2.45) is 40.4 Å². The first-order valence-corrected chi connectivity index (χ1v) is 9.10. The first-order chi connectivity index (χ1) is 10.3. The third kappa shape index (κ3) is 1.69. The highest BCUT2D eigenvalue weighted by Gasteiger charge is 2.64. The van der Waals surface area contributed by atoms with Crippen molar-refractivity contribution < 1.29 is 10.2 Å². The Morgan fingerprint density at radius 3 is 2.50 bits per heavy atom. The van der Waals surface area contributed by atoms with E-state index in [2.05, 4.69) is 45.1 Å². The minimum atomic E-state index is -1.46. The van der Waals surface area contributed by atoms with Crippen molar-refractivity contribution in [2.75, 3.05) is 0 Å². The Morgan fingerprint density at radius 2 is 1.73 bits per heavy atom. The van der Waals surface area contributed by atoms with Gasteiger partial charge in [-0.25, -0.2) is 0 Å². The predicted octanol–water partition coefficient (Wildman–Crippen LogP) is 3.90. The highest BCUT2D eigenvalue weighted by Crippen LogP contribution is 2.67. The van der Waals surface area contributed by atoms with Crippen molar-refractivity contribution in [2.45, 2.75) is 58.7 Å². The minimum absolute atomic E-state index is 0.267. The van der Waals surface area contributed by atoms with Gasteiger partial charge in [0.1, 0.15) is 0 Å². The zero-order chi connectivity index (χ0) is 15.8. The summed E-state index contributed by atoms with van der Waals surface area (Å²) in [4.78, 5) is 0. The predicted molar refractivity (Wildman–Crippen MR) is 87.9 cm³/mol. The van der Waals surface area contributed by atoms with Crippen molar-refractivity contribution in [1.82, 2.24) is 0 Å². The molecule has 0 aromatic carbocycles. The van der Waals surface area contributed by atoms with Crippen molar-refractivity contribution in [1.29, 1.82) is 0 Å². The summed E-state index contributed by atoms with van der Waals surface area (Å²) >= 11 is 0. The molecule has 0 radical (unpaired) electrons. The molecular weight excluding hydrogens is 272 g/mol. The van der Waals surface area contributed by atoms with E-state index in [1.165, 1.54) is 6.42 Å². The fourth-order valence-corrected chi connectivity index (χ4v) is 6.79. The minimum Gasteiger partial charge on any atom is -0.365 e. The average Bonchev–Trinajstić information content (AvgIpc) is 2.70. The van der Waals surface area contributed by atoms with Crippen LogP contribution in [0.4, 0.5) is 0 Å². The van der Waals surface area contributed by atoms with Crippen molar-refractivity contribution in [3.63, 3.8) is 0 Å². The molecule has 0 saturated heterocycles. The summed E-state index contributed by atoms with van der Waals surface area (Å²) in [6.45, 7) is 6.99. The Hall–Kier alpha value is -0.600. The Balaban J connectivity index is 1.74. The molecule has 2 heteroatoms. The molecule has 3 fully saturated rings. The topological polar surface area (TPSA) is 40.5 Å². The molecule has 4 rings (SSSR count). The Morgan fingerprint density at radius 1 is 1.00 bits per heavy atom. The lowest BCUT2D eigenvalue weighted by Crippen LogP contribution is -2.57. The SMILES string of the molecule is CC1CC2C=CC=C[C@]2(C)[C@@H]2CC[C@@]3(C)[C@@H](CCC3(O)O)[C@H]12. The van der Waals surface area contributed by atoms with Gasteiger partial charge < -0.3 is 10.2 Å². The van der Waals surface area contributed by atoms with Gasteiger partial charge in [0.05, 0.1) is 0 Å². The third-order valence-electron chi connectivity index (χ3n) is 8.23. The summed E-state index contributed by atoms with van der Waals surface area (Å²) in [6.07, 6.45) is 14.2. The van der Waals surface area contributed by atoms with Crippen LogP contribution in [0.5, 0.6) is 0 Å². The molecule has 0 bridgehead atoms. The van der Waals surface area contributed by atoms with Crippen LogP contribution in [-0.4, -0.2) is 16.0 Å². The maximum atomic E-state index is 10.6. The van der Waals surface area contributed by atoms with Crippen molar-refractivity contribution >= 4 is 0 Å². The summed E-state index contributed by atoms with van der Waals surface area (Å²) in [5.41, 5.74) is -0.0384. The average molecular weight is 302 g/mol. The lowest BCUT2D eigenvalue weighted by Gasteiger charge is -2.60. The third-order valence-corrected chi connectivity index (χ3v) is 8.23. The molecule has 0 aliphatic heterocycles. The molecule has 4 aliphatic rings. The first kappa shape index (κ1) is 15.0. The number of allylic oxidation sites excluding steroid dienone is 4. The number of aliphatic hydroxyl groups is 2. The molecule has 0 spiro atoms. The molecule has 22 heavy (non-hydrogen) atoms. The zero-order valence-corrected chi connectivity index (χ0v) is 14.1. The Kier molecular flexibility index (Phi) is 3.05. The molecular formula is C20H30O2. The van der Waals surface area contributed by atoms with E-state index in [0.29, 0.717) is 36.0 Å². The second-order valence-corrected chi connectivity index (χ2v) is 9.03. The van der Waals surface area contributed by atoms with Crippen molar-refractivity contribution in [3.05, 3.63) is 24.3 Å². The molecule has 0 aromatic heterocycles. The van der Waals surface area contributed by atoms with E-state index in [1.807, 2.05) is 0 Å². The van der Waals surface area contributed by atoms with Crippen LogP contribution in [0.25, 0.3) is 0 Å². The van der Waals surface area contributed by atoms with Crippen LogP contribution in [0.15, 0.2) is 24.3 Å². The van der Waals surface area contributed by atoms with E-state index in [0.717, 1.165) is 19.3 Å². The van der Waals surface area contributed by atoms with E-state index in [1.54, 1.807) is 0 Å². The molecule has 0 aromatic rings. The van der Waals surface area contributed by atoms with E-state index < -0.39 is 5.79 Å². The largest absolute Gasteiger partial charge is 0.365 e. The van der Waals surface area contributed by atoms with Crippen LogP contribution in [-0.2, 0) is 0 Å². The molecule has 2 unspecified atom stereocenters. The van der Waals surface area contributed by atoms with Crippen molar-refractivity contribution in [3.8, 4) is 0 Å². The van der Waals surface area contributed by atoms with Gasteiger partial charge in [0, 0.05) is 11.8 Å². The van der Waals surface area contributed by atoms with E-state index >= 15 is 0 Å². The van der Waals surface area contributed by atoms with Gasteiger partial charge in [-0.2, -0.15) is 0 Å². The van der Waals surface area contributed by atoms with Gasteiger partial charge in [-0.15, -0.1) is 0 Å². The standard InChI is InChI=1S/C20H30O2/c1-13-12-14-6-4-5-9-18(14,2)15-7-10-19(3)16(17(13)15)8-11-20(19,21)22/h4-6,9,13-17,21-22H,7-8,10-12H2,1-3H3/t13?,14?,15-,16+,17-,18+,19+/m1/s1. The molecule has 122 valence electrons. The van der Waals surface area contributed by atoms with Gasteiger partial charge in [0.2, 0.25) is 0 Å². The van der Waals surface area contributed by atoms with Gasteiger partial charge in [0.15, 0.2) is 5.79 Å². The van der Waals surface area contributed by atoms with E-state index in [4.69, 9.17) is 0 Å². The molecule has 7 atom stereocenters. The van der Waals surface area contributed by atoms with Gasteiger partial charge in [0.25, 0.3) is 0 Å². The second kappa shape index (κ2) is 4.48. The van der Waals surface area contributed by atoms with Crippen LogP contribution in [0.3, 0.4) is 0 Å². The van der Waals surface area contributed by atoms with Gasteiger partial charge in [-0.3, -0.25) is 0 Å². The number of hydrogen-bond acceptors (Lipinski definition) is 2. The van der Waals surface area contributed by atoms with Crippen LogP contribution in [0, 0.1) is 40.4 Å². The molecule has 2 N–H and O–H groups in total. The number of rotatable bonds is 0. The fraction of sp³-hybridized carbons (Fsp3) is 0.800. The highest BCUT2D eigenvalue weighted by molar-refractivity contribution is 5.24. The fourth-order valence-electron chi connectivity index (χ4n) is 6.79. The monoisotopic (exact) mass is 302 g/mol. The maximum absolute atomic E-state index is 10.6. The summed E-state index contributed by atoms with van der Waals surface area (Å²) in [6, 6.07) is 0. The summed E-state index contributed by atoms with van der Waals surface area (Å²) < 4.78 is 0. The van der Waals surface area contributed by atoms with E-state index in [9.17, 15) is 10.2 Å². The molecule has 2 nitrogen and oxygen atoms in total. The zero-order valence-electron chi connectivity index (χ0n) is 14.1. The molecule has 3 saturated carbocycles. The Bertz CT molecular complexity index is 534. The second-order valence-electron chi connectivity index (χ2n) is 9.03. The highest BCUT2D eigenvalue weighted by atomic mass is 16.5. The lowest BCUT2D eigenvalue weighted by molar-refractivity contribution is -0.251. The molecule has 0 heterocycles. The molecule has 0 amide bonds. The quantitative estimate of drug-likeness (QED) is 0.666. The van der Waals surface area contributed by atoms with Gasteiger partial charge >= 0.3 is 0 Å². The summed E-state index contributed by atoms with van der Waals surface area (Å²) in [5.74, 6) is 1.67. The van der Waals surface area contributed by atoms with Gasteiger partial charge in [-0.1, -0.05) is 45.1 Å². The summed E-state index contributed by atoms with van der Waals surface area (Å²) in [5, 5.41) is 21.1. The summed E-state index contributed by atoms with van der Waals surface area (Å²) in [7, 11) is 0. The first-order valence-electron chi connectivity index (χ1n) is 9.10. The number of hydrogen-bond donors (Lipinski definition) is 2. The van der Waals surface area contributed by atoms with Crippen LogP contribution < -0.4 is 0 Å². The lowest BCUT2D eigenvalue weighted by atomic mass is 9.44. The van der Waals surface area contributed by atoms with Crippen LogP contribution in [0.2, 0.25) is 0 Å². The smallest absolute Gasteiger partial charge is 0.168 e. The normalized spacial score (nSPS) is 55.4. The Labute approximate surface area is 134 Å².